The molecule has 0 spiro atoms. The van der Waals surface area contributed by atoms with Crippen LogP contribution in [0.25, 0.3) is 0 Å². The fraction of sp³-hybridized carbons (Fsp3) is 0.857. The van der Waals surface area contributed by atoms with Crippen molar-refractivity contribution >= 4 is 5.97 Å². The number of carbonyl (C=O) groups is 1. The number of halogens is 1. The second-order valence-electron chi connectivity index (χ2n) is 2.69. The Balaban J connectivity index is 4.17. The van der Waals surface area contributed by atoms with Crippen molar-refractivity contribution in [1.82, 2.24) is 0 Å². The Morgan fingerprint density at radius 1 is 1.80 bits per heavy atom. The van der Waals surface area contributed by atoms with Crippen molar-refractivity contribution in [2.75, 3.05) is 0 Å². The van der Waals surface area contributed by atoms with E-state index < -0.39 is 17.6 Å². The van der Waals surface area contributed by atoms with E-state index in [0.717, 1.165) is 0 Å². The van der Waals surface area contributed by atoms with Gasteiger partial charge in [0.05, 0.1) is 5.92 Å². The quantitative estimate of drug-likeness (QED) is 0.663. The fourth-order valence-electron chi connectivity index (χ4n) is 0.564. The molecule has 0 bridgehead atoms. The first-order chi connectivity index (χ1) is 4.41. The molecule has 0 aromatic rings. The van der Waals surface area contributed by atoms with Gasteiger partial charge in [-0.15, -0.1) is 0 Å². The lowest BCUT2D eigenvalue weighted by atomic mass is 9.90. The third kappa shape index (κ3) is 1.97. The van der Waals surface area contributed by atoms with Crippen molar-refractivity contribution in [3.63, 3.8) is 0 Å². The number of hydrogen-bond acceptors (Lipinski definition) is 1. The van der Waals surface area contributed by atoms with Crippen LogP contribution in [0.15, 0.2) is 0 Å². The van der Waals surface area contributed by atoms with E-state index in [0.29, 0.717) is 0 Å². The molecule has 0 fully saturated rings. The topological polar surface area (TPSA) is 37.3 Å². The Bertz CT molecular complexity index is 132. The van der Waals surface area contributed by atoms with E-state index >= 15 is 0 Å². The Labute approximate surface area is 60.1 Å². The maximum absolute atomic E-state index is 13.1. The molecule has 3 heteroatoms. The Morgan fingerprint density at radius 3 is 2.30 bits per heavy atom. The van der Waals surface area contributed by atoms with E-state index in [1.54, 1.807) is 6.92 Å². The maximum Gasteiger partial charge on any atom is 0.309 e. The first kappa shape index (κ1) is 9.40. The fourth-order valence-corrected chi connectivity index (χ4v) is 0.564. The average molecular weight is 148 g/mol. The predicted octanol–water partition coefficient (Wildman–Crippen LogP) is 1.85. The zero-order chi connectivity index (χ0) is 8.36. The van der Waals surface area contributed by atoms with Gasteiger partial charge in [-0.3, -0.25) is 4.79 Å². The largest absolute Gasteiger partial charge is 0.481 e. The van der Waals surface area contributed by atoms with Gasteiger partial charge in [0, 0.05) is 0 Å². The van der Waals surface area contributed by atoms with Crippen LogP contribution in [0.2, 0.25) is 0 Å². The number of hydrogen-bond donors (Lipinski definition) is 1. The third-order valence-corrected chi connectivity index (χ3v) is 1.96. The highest BCUT2D eigenvalue weighted by Gasteiger charge is 2.33. The van der Waals surface area contributed by atoms with Crippen LogP contribution in [0.4, 0.5) is 4.39 Å². The molecule has 0 saturated carbocycles. The lowest BCUT2D eigenvalue weighted by Crippen LogP contribution is -2.32. The van der Waals surface area contributed by atoms with Crippen molar-refractivity contribution in [2.45, 2.75) is 32.9 Å². The SMILES string of the molecule is CCC(C)(F)C(C)C(=O)O. The van der Waals surface area contributed by atoms with E-state index in [1.807, 2.05) is 0 Å². The normalized spacial score (nSPS) is 19.6. The van der Waals surface area contributed by atoms with E-state index in [1.165, 1.54) is 13.8 Å². The van der Waals surface area contributed by atoms with Crippen LogP contribution in [0, 0.1) is 5.92 Å². The molecule has 0 radical (unpaired) electrons. The number of rotatable bonds is 3. The highest BCUT2D eigenvalue weighted by atomic mass is 19.1. The maximum atomic E-state index is 13.1. The molecule has 0 amide bonds. The third-order valence-electron chi connectivity index (χ3n) is 1.96. The second-order valence-corrected chi connectivity index (χ2v) is 2.69. The van der Waals surface area contributed by atoms with Crippen LogP contribution < -0.4 is 0 Å². The Kier molecular flexibility index (Phi) is 2.81. The number of alkyl halides is 1. The first-order valence-electron chi connectivity index (χ1n) is 3.33. The van der Waals surface area contributed by atoms with Gasteiger partial charge >= 0.3 is 5.97 Å². The monoisotopic (exact) mass is 148 g/mol. The number of aliphatic carboxylic acids is 1. The van der Waals surface area contributed by atoms with E-state index in [2.05, 4.69) is 0 Å². The van der Waals surface area contributed by atoms with Crippen LogP contribution in [0.3, 0.4) is 0 Å². The van der Waals surface area contributed by atoms with Gasteiger partial charge in [-0.1, -0.05) is 6.92 Å². The van der Waals surface area contributed by atoms with Gasteiger partial charge in [0.2, 0.25) is 0 Å². The van der Waals surface area contributed by atoms with Crippen molar-refractivity contribution in [1.29, 1.82) is 0 Å². The number of carboxylic acids is 1. The van der Waals surface area contributed by atoms with Gasteiger partial charge in [-0.2, -0.15) is 0 Å². The van der Waals surface area contributed by atoms with Crippen molar-refractivity contribution in [3.05, 3.63) is 0 Å². The van der Waals surface area contributed by atoms with Crippen molar-refractivity contribution < 1.29 is 14.3 Å². The number of carboxylic acid groups (broad SMARTS) is 1. The van der Waals surface area contributed by atoms with E-state index in [-0.39, 0.29) is 6.42 Å². The molecule has 0 aliphatic heterocycles. The molecule has 2 unspecified atom stereocenters. The predicted molar refractivity (Wildman–Crippen MR) is 36.6 cm³/mol. The summed E-state index contributed by atoms with van der Waals surface area (Å²) in [5.41, 5.74) is -1.58. The molecule has 2 nitrogen and oxygen atoms in total. The molecule has 1 N–H and O–H groups in total. The summed E-state index contributed by atoms with van der Waals surface area (Å²) in [5, 5.41) is 8.41. The molecule has 10 heavy (non-hydrogen) atoms. The van der Waals surface area contributed by atoms with Crippen LogP contribution in [-0.4, -0.2) is 16.7 Å². The summed E-state index contributed by atoms with van der Waals surface area (Å²) in [7, 11) is 0. The Morgan fingerprint density at radius 2 is 2.20 bits per heavy atom. The van der Waals surface area contributed by atoms with Crippen LogP contribution in [0.1, 0.15) is 27.2 Å². The van der Waals surface area contributed by atoms with Crippen LogP contribution in [0.5, 0.6) is 0 Å². The molecule has 0 rings (SSSR count). The zero-order valence-electron chi connectivity index (χ0n) is 6.52. The summed E-state index contributed by atoms with van der Waals surface area (Å²) in [6.07, 6.45) is 0.237. The summed E-state index contributed by atoms with van der Waals surface area (Å²) in [4.78, 5) is 10.3. The molecule has 0 heterocycles. The van der Waals surface area contributed by atoms with E-state index in [9.17, 15) is 9.18 Å². The van der Waals surface area contributed by atoms with Gasteiger partial charge < -0.3 is 5.11 Å². The average Bonchev–Trinajstić information content (AvgIpc) is 1.86. The van der Waals surface area contributed by atoms with Gasteiger partial charge in [0.15, 0.2) is 0 Å². The van der Waals surface area contributed by atoms with Gasteiger partial charge in [-0.25, -0.2) is 4.39 Å². The first-order valence-corrected chi connectivity index (χ1v) is 3.33. The lowest BCUT2D eigenvalue weighted by molar-refractivity contribution is -0.146. The minimum Gasteiger partial charge on any atom is -0.481 e. The molecule has 0 saturated heterocycles. The summed E-state index contributed by atoms with van der Waals surface area (Å²) >= 11 is 0. The summed E-state index contributed by atoms with van der Waals surface area (Å²) in [6.45, 7) is 4.33. The minimum atomic E-state index is -1.58. The molecule has 0 aromatic heterocycles. The molecule has 0 aromatic carbocycles. The molecule has 60 valence electrons. The van der Waals surface area contributed by atoms with Crippen molar-refractivity contribution in [2.24, 2.45) is 5.92 Å². The summed E-state index contributed by atoms with van der Waals surface area (Å²) < 4.78 is 13.1. The highest BCUT2D eigenvalue weighted by molar-refractivity contribution is 5.70. The standard InChI is InChI=1S/C7H13FO2/c1-4-7(3,8)5(2)6(9)10/h5H,4H2,1-3H3,(H,9,10). The summed E-state index contributed by atoms with van der Waals surface area (Å²) in [5.74, 6) is -2.00. The minimum absolute atomic E-state index is 0.237. The van der Waals surface area contributed by atoms with Gasteiger partial charge in [0.1, 0.15) is 5.67 Å². The van der Waals surface area contributed by atoms with Gasteiger partial charge in [-0.05, 0) is 20.3 Å². The summed E-state index contributed by atoms with van der Waals surface area (Å²) in [6, 6.07) is 0. The van der Waals surface area contributed by atoms with E-state index in [4.69, 9.17) is 5.11 Å². The smallest absolute Gasteiger partial charge is 0.309 e. The van der Waals surface area contributed by atoms with Crippen LogP contribution in [-0.2, 0) is 4.79 Å². The molecular weight excluding hydrogens is 135 g/mol. The lowest BCUT2D eigenvalue weighted by Gasteiger charge is -2.22. The molecular formula is C7H13FO2. The highest BCUT2D eigenvalue weighted by Crippen LogP contribution is 2.25. The molecule has 2 atom stereocenters. The van der Waals surface area contributed by atoms with Crippen LogP contribution >= 0.6 is 0 Å². The molecule has 0 aliphatic rings. The Hall–Kier alpha value is -0.600. The second kappa shape index (κ2) is 2.99. The van der Waals surface area contributed by atoms with Crippen molar-refractivity contribution in [3.8, 4) is 0 Å². The van der Waals surface area contributed by atoms with Gasteiger partial charge in [0.25, 0.3) is 0 Å². The zero-order valence-corrected chi connectivity index (χ0v) is 6.52. The molecule has 0 aliphatic carbocycles.